The van der Waals surface area contributed by atoms with E-state index in [1.54, 1.807) is 12.1 Å². The van der Waals surface area contributed by atoms with Crippen molar-refractivity contribution in [1.82, 2.24) is 0 Å². The molecule has 0 heterocycles. The van der Waals surface area contributed by atoms with Crippen molar-refractivity contribution in [1.29, 1.82) is 0 Å². The van der Waals surface area contributed by atoms with Gasteiger partial charge >= 0.3 is 0 Å². The highest BCUT2D eigenvalue weighted by Gasteiger charge is 2.40. The van der Waals surface area contributed by atoms with Crippen molar-refractivity contribution in [3.05, 3.63) is 23.2 Å². The molecule has 0 radical (unpaired) electrons. The highest BCUT2D eigenvalue weighted by atomic mass is 35.5. The van der Waals surface area contributed by atoms with Gasteiger partial charge in [-0.05, 0) is 43.9 Å². The first-order valence-corrected chi connectivity index (χ1v) is 9.37. The maximum absolute atomic E-state index is 12.9. The van der Waals surface area contributed by atoms with Gasteiger partial charge in [-0.3, -0.25) is 4.79 Å². The molecule has 1 aromatic carbocycles. The fraction of sp³-hybridized carbons (Fsp3) is 0.632. The molecule has 0 bridgehead atoms. The topological polar surface area (TPSA) is 47.6 Å². The third kappa shape index (κ3) is 4.87. The molecular weight excluding hydrogens is 326 g/mol. The van der Waals surface area contributed by atoms with Gasteiger partial charge < -0.3 is 14.8 Å². The number of amides is 1. The molecule has 2 rings (SSSR count). The van der Waals surface area contributed by atoms with Crippen molar-refractivity contribution >= 4 is 23.2 Å². The second-order valence-corrected chi connectivity index (χ2v) is 6.76. The number of carbonyl (C=O) groups excluding carboxylic acids is 1. The van der Waals surface area contributed by atoms with Crippen molar-refractivity contribution < 1.29 is 14.3 Å². The van der Waals surface area contributed by atoms with E-state index in [-0.39, 0.29) is 5.91 Å². The van der Waals surface area contributed by atoms with Gasteiger partial charge in [-0.15, -0.1) is 0 Å². The predicted molar refractivity (Wildman–Crippen MR) is 97.9 cm³/mol. The highest BCUT2D eigenvalue weighted by molar-refractivity contribution is 6.32. The van der Waals surface area contributed by atoms with Gasteiger partial charge in [0.1, 0.15) is 11.4 Å². The summed E-state index contributed by atoms with van der Waals surface area (Å²) in [5.74, 6) is 0.583. The van der Waals surface area contributed by atoms with Crippen molar-refractivity contribution in [2.24, 2.45) is 0 Å². The van der Waals surface area contributed by atoms with Crippen molar-refractivity contribution in [3.63, 3.8) is 0 Å². The number of benzene rings is 1. The number of carbonyl (C=O) groups is 1. The van der Waals surface area contributed by atoms with E-state index < -0.39 is 5.60 Å². The quantitative estimate of drug-likeness (QED) is 0.699. The van der Waals surface area contributed by atoms with E-state index in [1.807, 2.05) is 13.0 Å². The average molecular weight is 354 g/mol. The summed E-state index contributed by atoms with van der Waals surface area (Å²) < 4.78 is 11.6. The summed E-state index contributed by atoms with van der Waals surface area (Å²) in [6.07, 6.45) is 6.62. The first-order valence-electron chi connectivity index (χ1n) is 8.99. The normalized spacial score (nSPS) is 16.6. The van der Waals surface area contributed by atoms with Crippen LogP contribution >= 0.6 is 11.6 Å². The lowest BCUT2D eigenvalue weighted by Crippen LogP contribution is -2.47. The molecule has 1 aliphatic rings. The summed E-state index contributed by atoms with van der Waals surface area (Å²) in [6, 6.07) is 5.36. The first-order chi connectivity index (χ1) is 11.6. The molecule has 1 fully saturated rings. The van der Waals surface area contributed by atoms with Gasteiger partial charge in [0.05, 0.1) is 11.6 Å². The molecule has 4 nitrogen and oxygen atoms in total. The Morgan fingerprint density at radius 1 is 1.17 bits per heavy atom. The van der Waals surface area contributed by atoms with Crippen LogP contribution in [-0.2, 0) is 9.53 Å². The Bertz CT molecular complexity index is 541. The number of rotatable bonds is 8. The summed E-state index contributed by atoms with van der Waals surface area (Å²) in [5.41, 5.74) is -0.0168. The Morgan fingerprint density at radius 2 is 1.88 bits per heavy atom. The van der Waals surface area contributed by atoms with Crippen LogP contribution in [-0.4, -0.2) is 24.7 Å². The van der Waals surface area contributed by atoms with E-state index in [9.17, 15) is 4.79 Å². The number of anilines is 1. The summed E-state index contributed by atoms with van der Waals surface area (Å²) in [7, 11) is 0. The van der Waals surface area contributed by atoms with Crippen LogP contribution in [0.15, 0.2) is 18.2 Å². The Balaban J connectivity index is 2.07. The molecule has 0 unspecified atom stereocenters. The van der Waals surface area contributed by atoms with Gasteiger partial charge in [-0.2, -0.15) is 0 Å². The van der Waals surface area contributed by atoms with Crippen molar-refractivity contribution in [2.45, 2.75) is 64.4 Å². The van der Waals surface area contributed by atoms with E-state index >= 15 is 0 Å². The third-order valence-corrected chi connectivity index (χ3v) is 4.60. The lowest BCUT2D eigenvalue weighted by Gasteiger charge is -2.35. The number of hydrogen-bond acceptors (Lipinski definition) is 3. The first kappa shape index (κ1) is 19.1. The van der Waals surface area contributed by atoms with Crippen molar-refractivity contribution in [3.8, 4) is 5.75 Å². The third-order valence-electron chi connectivity index (χ3n) is 4.31. The largest absolute Gasteiger partial charge is 0.492 e. The van der Waals surface area contributed by atoms with Gasteiger partial charge in [-0.25, -0.2) is 0 Å². The summed E-state index contributed by atoms with van der Waals surface area (Å²) in [5, 5.41) is 3.49. The van der Waals surface area contributed by atoms with Gasteiger partial charge in [0.2, 0.25) is 0 Å². The molecule has 0 atom stereocenters. The molecule has 0 aromatic heterocycles. The van der Waals surface area contributed by atoms with Gasteiger partial charge in [-0.1, -0.05) is 44.7 Å². The molecule has 1 N–H and O–H groups in total. The zero-order valence-corrected chi connectivity index (χ0v) is 15.5. The van der Waals surface area contributed by atoms with Crippen LogP contribution in [0.5, 0.6) is 5.75 Å². The molecule has 1 amide bonds. The average Bonchev–Trinajstić information content (AvgIpc) is 2.60. The van der Waals surface area contributed by atoms with E-state index in [4.69, 9.17) is 21.1 Å². The van der Waals surface area contributed by atoms with Crippen LogP contribution in [0.3, 0.4) is 0 Å². The smallest absolute Gasteiger partial charge is 0.256 e. The number of hydrogen-bond donors (Lipinski definition) is 1. The van der Waals surface area contributed by atoms with Crippen LogP contribution in [0.1, 0.15) is 58.8 Å². The maximum atomic E-state index is 12.9. The van der Waals surface area contributed by atoms with Gasteiger partial charge in [0.15, 0.2) is 0 Å². The standard InChI is InChI=1S/C19H28ClNO3/c1-3-12-23-17-9-8-15(14-16(17)20)21-18(22)19(24-13-4-2)10-6-5-7-11-19/h8-9,14H,3-7,10-13H2,1-2H3,(H,21,22). The summed E-state index contributed by atoms with van der Waals surface area (Å²) in [6.45, 7) is 5.34. The van der Waals surface area contributed by atoms with Crippen LogP contribution in [0.4, 0.5) is 5.69 Å². The Labute approximate surface area is 149 Å². The predicted octanol–water partition coefficient (Wildman–Crippen LogP) is 5.20. The minimum atomic E-state index is -0.696. The van der Waals surface area contributed by atoms with Crippen LogP contribution in [0.25, 0.3) is 0 Å². The highest BCUT2D eigenvalue weighted by Crippen LogP contribution is 2.34. The Morgan fingerprint density at radius 3 is 2.50 bits per heavy atom. The molecule has 5 heteroatoms. The minimum Gasteiger partial charge on any atom is -0.492 e. The monoisotopic (exact) mass is 353 g/mol. The molecule has 24 heavy (non-hydrogen) atoms. The summed E-state index contributed by atoms with van der Waals surface area (Å²) in [4.78, 5) is 12.9. The number of ether oxygens (including phenoxy) is 2. The maximum Gasteiger partial charge on any atom is 0.256 e. The molecule has 134 valence electrons. The Hall–Kier alpha value is -1.26. The van der Waals surface area contributed by atoms with Crippen LogP contribution in [0.2, 0.25) is 5.02 Å². The van der Waals surface area contributed by atoms with Gasteiger partial charge in [0.25, 0.3) is 5.91 Å². The molecule has 0 saturated heterocycles. The van der Waals surface area contributed by atoms with Gasteiger partial charge in [0, 0.05) is 12.3 Å². The fourth-order valence-electron chi connectivity index (χ4n) is 3.01. The second kappa shape index (κ2) is 9.28. The molecule has 1 aliphatic carbocycles. The zero-order chi connectivity index (χ0) is 17.4. The van der Waals surface area contributed by atoms with E-state index in [1.165, 1.54) is 6.42 Å². The summed E-state index contributed by atoms with van der Waals surface area (Å²) >= 11 is 6.25. The van der Waals surface area contributed by atoms with E-state index in [0.717, 1.165) is 38.5 Å². The molecule has 0 aliphatic heterocycles. The number of halogens is 1. The second-order valence-electron chi connectivity index (χ2n) is 6.35. The molecule has 0 spiro atoms. The fourth-order valence-corrected chi connectivity index (χ4v) is 3.25. The van der Waals surface area contributed by atoms with Crippen LogP contribution < -0.4 is 10.1 Å². The SMILES string of the molecule is CCCOc1ccc(NC(=O)C2(OCCC)CCCCC2)cc1Cl. The molecule has 1 aromatic rings. The number of nitrogens with one attached hydrogen (secondary N) is 1. The molecule has 1 saturated carbocycles. The van der Waals surface area contributed by atoms with E-state index in [0.29, 0.717) is 29.7 Å². The molecular formula is C19H28ClNO3. The minimum absolute atomic E-state index is 0.0612. The lowest BCUT2D eigenvalue weighted by molar-refractivity contribution is -0.146. The van der Waals surface area contributed by atoms with Crippen LogP contribution in [0, 0.1) is 0 Å². The Kier molecular flexibility index (Phi) is 7.38. The zero-order valence-electron chi connectivity index (χ0n) is 14.7. The van der Waals surface area contributed by atoms with E-state index in [2.05, 4.69) is 12.2 Å². The van der Waals surface area contributed by atoms with Crippen molar-refractivity contribution in [2.75, 3.05) is 18.5 Å². The lowest BCUT2D eigenvalue weighted by atomic mass is 9.83.